The standard InChI is InChI=1S/C21H24N2O2/c24-20(16-17-8-4-3-5-9-17)22-19-12-10-18(11-13-19)21(25)23-14-6-1-2-7-15-23/h3-5,8-13H,1-2,6-7,14-16H2,(H,22,24). The number of rotatable bonds is 4. The predicted octanol–water partition coefficient (Wildman–Crippen LogP) is 3.88. The zero-order valence-electron chi connectivity index (χ0n) is 14.4. The second-order valence-electron chi connectivity index (χ2n) is 6.49. The highest BCUT2D eigenvalue weighted by Crippen LogP contribution is 2.16. The van der Waals surface area contributed by atoms with E-state index >= 15 is 0 Å². The maximum Gasteiger partial charge on any atom is 0.253 e. The Morgan fingerprint density at radius 2 is 1.48 bits per heavy atom. The van der Waals surface area contributed by atoms with Gasteiger partial charge in [-0.05, 0) is 42.7 Å². The molecule has 4 nitrogen and oxygen atoms in total. The summed E-state index contributed by atoms with van der Waals surface area (Å²) in [5, 5.41) is 2.88. The summed E-state index contributed by atoms with van der Waals surface area (Å²) in [7, 11) is 0. The summed E-state index contributed by atoms with van der Waals surface area (Å²) in [4.78, 5) is 26.6. The van der Waals surface area contributed by atoms with E-state index in [1.54, 1.807) is 24.3 Å². The number of benzene rings is 2. The lowest BCUT2D eigenvalue weighted by molar-refractivity contribution is -0.115. The van der Waals surface area contributed by atoms with Gasteiger partial charge in [0.15, 0.2) is 0 Å². The molecule has 2 aromatic rings. The Kier molecular flexibility index (Phi) is 5.83. The molecule has 0 bridgehead atoms. The Balaban J connectivity index is 1.58. The van der Waals surface area contributed by atoms with Gasteiger partial charge in [0.1, 0.15) is 0 Å². The van der Waals surface area contributed by atoms with Crippen LogP contribution in [0.1, 0.15) is 41.6 Å². The molecule has 1 saturated heterocycles. The zero-order valence-corrected chi connectivity index (χ0v) is 14.4. The highest BCUT2D eigenvalue weighted by atomic mass is 16.2. The average Bonchev–Trinajstić information content (AvgIpc) is 2.92. The lowest BCUT2D eigenvalue weighted by Crippen LogP contribution is -2.31. The number of nitrogens with one attached hydrogen (secondary N) is 1. The molecular formula is C21H24N2O2. The molecule has 1 fully saturated rings. The topological polar surface area (TPSA) is 49.4 Å². The third kappa shape index (κ3) is 4.92. The zero-order chi connectivity index (χ0) is 17.5. The fourth-order valence-electron chi connectivity index (χ4n) is 3.14. The van der Waals surface area contributed by atoms with Gasteiger partial charge < -0.3 is 10.2 Å². The molecule has 0 unspecified atom stereocenters. The van der Waals surface area contributed by atoms with Crippen molar-refractivity contribution in [3.63, 3.8) is 0 Å². The molecule has 4 heteroatoms. The molecule has 1 heterocycles. The Bertz CT molecular complexity index is 702. The van der Waals surface area contributed by atoms with E-state index in [1.807, 2.05) is 35.2 Å². The van der Waals surface area contributed by atoms with Crippen molar-refractivity contribution in [2.75, 3.05) is 18.4 Å². The maximum absolute atomic E-state index is 12.6. The van der Waals surface area contributed by atoms with Gasteiger partial charge in [0, 0.05) is 24.3 Å². The predicted molar refractivity (Wildman–Crippen MR) is 99.6 cm³/mol. The van der Waals surface area contributed by atoms with Crippen molar-refractivity contribution >= 4 is 17.5 Å². The Morgan fingerprint density at radius 1 is 0.840 bits per heavy atom. The number of amides is 2. The van der Waals surface area contributed by atoms with Crippen molar-refractivity contribution in [3.05, 3.63) is 65.7 Å². The molecule has 2 aromatic carbocycles. The molecule has 1 aliphatic rings. The van der Waals surface area contributed by atoms with E-state index in [2.05, 4.69) is 5.32 Å². The molecule has 0 saturated carbocycles. The van der Waals surface area contributed by atoms with Crippen molar-refractivity contribution in [2.45, 2.75) is 32.1 Å². The van der Waals surface area contributed by atoms with Gasteiger partial charge >= 0.3 is 0 Å². The van der Waals surface area contributed by atoms with Crippen LogP contribution in [0, 0.1) is 0 Å². The molecule has 1 aliphatic heterocycles. The Labute approximate surface area is 148 Å². The summed E-state index contributed by atoms with van der Waals surface area (Å²) in [6.07, 6.45) is 4.92. The fourth-order valence-corrected chi connectivity index (χ4v) is 3.14. The summed E-state index contributed by atoms with van der Waals surface area (Å²) in [6, 6.07) is 16.8. The lowest BCUT2D eigenvalue weighted by Gasteiger charge is -2.20. The number of hydrogen-bond acceptors (Lipinski definition) is 2. The van der Waals surface area contributed by atoms with Gasteiger partial charge in [-0.3, -0.25) is 9.59 Å². The van der Waals surface area contributed by atoms with Crippen molar-refractivity contribution in [3.8, 4) is 0 Å². The molecule has 0 spiro atoms. The average molecular weight is 336 g/mol. The summed E-state index contributed by atoms with van der Waals surface area (Å²) in [5.74, 6) is 0.0295. The van der Waals surface area contributed by atoms with Crippen LogP contribution in [0.15, 0.2) is 54.6 Å². The summed E-state index contributed by atoms with van der Waals surface area (Å²) in [6.45, 7) is 1.68. The van der Waals surface area contributed by atoms with Crippen LogP contribution in [0.2, 0.25) is 0 Å². The van der Waals surface area contributed by atoms with Crippen LogP contribution in [-0.4, -0.2) is 29.8 Å². The van der Waals surface area contributed by atoms with E-state index in [4.69, 9.17) is 0 Å². The van der Waals surface area contributed by atoms with Gasteiger partial charge in [-0.2, -0.15) is 0 Å². The van der Waals surface area contributed by atoms with Gasteiger partial charge in [0.25, 0.3) is 5.91 Å². The van der Waals surface area contributed by atoms with Crippen LogP contribution < -0.4 is 5.32 Å². The summed E-state index contributed by atoms with van der Waals surface area (Å²) in [5.41, 5.74) is 2.38. The largest absolute Gasteiger partial charge is 0.339 e. The van der Waals surface area contributed by atoms with Crippen molar-refractivity contribution < 1.29 is 9.59 Å². The number of hydrogen-bond donors (Lipinski definition) is 1. The molecule has 3 rings (SSSR count). The van der Waals surface area contributed by atoms with Gasteiger partial charge in [0.2, 0.25) is 5.91 Å². The first-order valence-electron chi connectivity index (χ1n) is 8.95. The SMILES string of the molecule is O=C(Cc1ccccc1)Nc1ccc(C(=O)N2CCCCCC2)cc1. The first kappa shape index (κ1) is 17.2. The third-order valence-electron chi connectivity index (χ3n) is 4.52. The molecular weight excluding hydrogens is 312 g/mol. The highest BCUT2D eigenvalue weighted by molar-refractivity contribution is 5.96. The monoisotopic (exact) mass is 336 g/mol. The minimum atomic E-state index is -0.0576. The van der Waals surface area contributed by atoms with E-state index in [0.717, 1.165) is 31.5 Å². The molecule has 0 aliphatic carbocycles. The van der Waals surface area contributed by atoms with E-state index in [-0.39, 0.29) is 11.8 Å². The molecule has 0 aromatic heterocycles. The molecule has 130 valence electrons. The quantitative estimate of drug-likeness (QED) is 0.921. The van der Waals surface area contributed by atoms with Gasteiger partial charge in [-0.25, -0.2) is 0 Å². The normalized spacial score (nSPS) is 14.6. The van der Waals surface area contributed by atoms with E-state index in [1.165, 1.54) is 12.8 Å². The molecule has 0 radical (unpaired) electrons. The van der Waals surface area contributed by atoms with Crippen LogP contribution in [-0.2, 0) is 11.2 Å². The van der Waals surface area contributed by atoms with Crippen LogP contribution in [0.5, 0.6) is 0 Å². The van der Waals surface area contributed by atoms with Crippen molar-refractivity contribution in [2.24, 2.45) is 0 Å². The van der Waals surface area contributed by atoms with Gasteiger partial charge in [0.05, 0.1) is 6.42 Å². The second-order valence-corrected chi connectivity index (χ2v) is 6.49. The van der Waals surface area contributed by atoms with E-state index in [9.17, 15) is 9.59 Å². The molecule has 0 atom stereocenters. The lowest BCUT2D eigenvalue weighted by atomic mass is 10.1. The number of likely N-dealkylation sites (tertiary alicyclic amines) is 1. The van der Waals surface area contributed by atoms with Crippen LogP contribution >= 0.6 is 0 Å². The molecule has 25 heavy (non-hydrogen) atoms. The molecule has 1 N–H and O–H groups in total. The minimum absolute atomic E-state index is 0.0576. The third-order valence-corrected chi connectivity index (χ3v) is 4.52. The van der Waals surface area contributed by atoms with Crippen LogP contribution in [0.3, 0.4) is 0 Å². The summed E-state index contributed by atoms with van der Waals surface area (Å²) < 4.78 is 0. The van der Waals surface area contributed by atoms with Gasteiger partial charge in [-0.1, -0.05) is 43.2 Å². The van der Waals surface area contributed by atoms with Crippen LogP contribution in [0.25, 0.3) is 0 Å². The number of carbonyl (C=O) groups is 2. The van der Waals surface area contributed by atoms with Crippen molar-refractivity contribution in [1.82, 2.24) is 4.90 Å². The number of carbonyl (C=O) groups excluding carboxylic acids is 2. The van der Waals surface area contributed by atoms with Crippen LogP contribution in [0.4, 0.5) is 5.69 Å². The fraction of sp³-hybridized carbons (Fsp3) is 0.333. The first-order valence-corrected chi connectivity index (χ1v) is 8.95. The molecule has 2 amide bonds. The minimum Gasteiger partial charge on any atom is -0.339 e. The Hall–Kier alpha value is -2.62. The van der Waals surface area contributed by atoms with E-state index < -0.39 is 0 Å². The maximum atomic E-state index is 12.6. The van der Waals surface area contributed by atoms with E-state index in [0.29, 0.717) is 17.7 Å². The Morgan fingerprint density at radius 3 is 2.12 bits per heavy atom. The number of anilines is 1. The summed E-state index contributed by atoms with van der Waals surface area (Å²) >= 11 is 0. The number of nitrogens with zero attached hydrogens (tertiary/aromatic N) is 1. The van der Waals surface area contributed by atoms with Gasteiger partial charge in [-0.15, -0.1) is 0 Å². The van der Waals surface area contributed by atoms with Crippen molar-refractivity contribution in [1.29, 1.82) is 0 Å². The second kappa shape index (κ2) is 8.47. The first-order chi connectivity index (χ1) is 12.2. The highest BCUT2D eigenvalue weighted by Gasteiger charge is 2.17. The smallest absolute Gasteiger partial charge is 0.253 e.